The van der Waals surface area contributed by atoms with E-state index < -0.39 is 0 Å². The lowest BCUT2D eigenvalue weighted by molar-refractivity contribution is 0.0596. The zero-order valence-electron chi connectivity index (χ0n) is 14.4. The zero-order chi connectivity index (χ0) is 15.1. The average molecular weight is 296 g/mol. The summed E-state index contributed by atoms with van der Waals surface area (Å²) in [5, 5.41) is 3.58. The van der Waals surface area contributed by atoms with Crippen LogP contribution in [0.3, 0.4) is 0 Å². The van der Waals surface area contributed by atoms with E-state index in [1.807, 2.05) is 0 Å². The highest BCUT2D eigenvalue weighted by Gasteiger charge is 2.31. The van der Waals surface area contributed by atoms with Crippen LogP contribution in [0.1, 0.15) is 58.8 Å². The summed E-state index contributed by atoms with van der Waals surface area (Å²) < 4.78 is 5.83. The Hall–Kier alpha value is -0.120. The van der Waals surface area contributed by atoms with E-state index in [2.05, 4.69) is 31.1 Å². The van der Waals surface area contributed by atoms with Gasteiger partial charge >= 0.3 is 0 Å². The van der Waals surface area contributed by atoms with Crippen LogP contribution in [0, 0.1) is 11.8 Å². The van der Waals surface area contributed by atoms with Crippen molar-refractivity contribution in [2.75, 3.05) is 33.3 Å². The Labute approximate surface area is 131 Å². The monoisotopic (exact) mass is 296 g/mol. The Morgan fingerprint density at radius 1 is 1.14 bits per heavy atom. The number of nitrogens with zero attached hydrogens (tertiary/aromatic N) is 1. The van der Waals surface area contributed by atoms with E-state index in [1.165, 1.54) is 51.5 Å². The van der Waals surface area contributed by atoms with Gasteiger partial charge < -0.3 is 15.0 Å². The van der Waals surface area contributed by atoms with Gasteiger partial charge in [-0.1, -0.05) is 26.7 Å². The predicted octanol–water partition coefficient (Wildman–Crippen LogP) is 3.29. The predicted molar refractivity (Wildman–Crippen MR) is 89.7 cm³/mol. The Morgan fingerprint density at radius 2 is 2.00 bits per heavy atom. The van der Waals surface area contributed by atoms with E-state index in [1.54, 1.807) is 0 Å². The molecule has 0 bridgehead atoms. The third kappa shape index (κ3) is 5.22. The molecule has 0 spiro atoms. The quantitative estimate of drug-likeness (QED) is 0.744. The van der Waals surface area contributed by atoms with Crippen LogP contribution in [0.2, 0.25) is 0 Å². The molecule has 2 aliphatic rings. The topological polar surface area (TPSA) is 24.5 Å². The minimum atomic E-state index is 0.494. The lowest BCUT2D eigenvalue weighted by atomic mass is 9.76. The summed E-state index contributed by atoms with van der Waals surface area (Å²) in [6, 6.07) is 0.719. The summed E-state index contributed by atoms with van der Waals surface area (Å²) in [5.74, 6) is 1.78. The number of nitrogens with one attached hydrogen (secondary N) is 1. The molecule has 0 amide bonds. The second-order valence-electron chi connectivity index (χ2n) is 7.11. The van der Waals surface area contributed by atoms with Crippen LogP contribution in [0.4, 0.5) is 0 Å². The SMILES string of the molecule is CCCC1CCC(NC)C(CN(CC)CC2CCCO2)C1. The van der Waals surface area contributed by atoms with Gasteiger partial charge in [0.1, 0.15) is 0 Å². The Morgan fingerprint density at radius 3 is 2.62 bits per heavy atom. The molecule has 1 heterocycles. The molecule has 4 atom stereocenters. The number of rotatable bonds is 8. The molecule has 4 unspecified atom stereocenters. The molecular formula is C18H36N2O. The van der Waals surface area contributed by atoms with E-state index in [9.17, 15) is 0 Å². The first-order valence-electron chi connectivity index (χ1n) is 9.28. The van der Waals surface area contributed by atoms with Crippen molar-refractivity contribution in [2.45, 2.75) is 70.9 Å². The fourth-order valence-electron chi connectivity index (χ4n) is 4.35. The van der Waals surface area contributed by atoms with Crippen LogP contribution in [0.15, 0.2) is 0 Å². The molecule has 3 nitrogen and oxygen atoms in total. The Bertz CT molecular complexity index is 278. The molecule has 2 fully saturated rings. The van der Waals surface area contributed by atoms with Crippen molar-refractivity contribution in [2.24, 2.45) is 11.8 Å². The second kappa shape index (κ2) is 9.12. The summed E-state index contributed by atoms with van der Waals surface area (Å²) in [6.07, 6.45) is 9.98. The molecule has 0 aromatic carbocycles. The summed E-state index contributed by atoms with van der Waals surface area (Å²) in [4.78, 5) is 2.64. The molecular weight excluding hydrogens is 260 g/mol. The maximum absolute atomic E-state index is 5.83. The molecule has 0 aromatic heterocycles. The maximum Gasteiger partial charge on any atom is 0.0702 e. The summed E-state index contributed by atoms with van der Waals surface area (Å²) >= 11 is 0. The van der Waals surface area contributed by atoms with Crippen molar-refractivity contribution in [1.29, 1.82) is 0 Å². The molecule has 21 heavy (non-hydrogen) atoms. The first-order chi connectivity index (χ1) is 10.3. The standard InChI is InChI=1S/C18H36N2O/c1-4-7-15-9-10-18(19-3)16(12-15)13-20(5-2)14-17-8-6-11-21-17/h15-19H,4-14H2,1-3H3. The third-order valence-corrected chi connectivity index (χ3v) is 5.58. The molecule has 0 aromatic rings. The van der Waals surface area contributed by atoms with Crippen molar-refractivity contribution in [3.8, 4) is 0 Å². The van der Waals surface area contributed by atoms with Gasteiger partial charge in [0.15, 0.2) is 0 Å². The van der Waals surface area contributed by atoms with Gasteiger partial charge in [-0.25, -0.2) is 0 Å². The Kier molecular flexibility index (Phi) is 7.48. The number of hydrogen-bond acceptors (Lipinski definition) is 3. The summed E-state index contributed by atoms with van der Waals surface area (Å²) in [7, 11) is 2.15. The fourth-order valence-corrected chi connectivity index (χ4v) is 4.35. The van der Waals surface area contributed by atoms with Crippen LogP contribution >= 0.6 is 0 Å². The van der Waals surface area contributed by atoms with E-state index in [0.717, 1.165) is 37.6 Å². The summed E-state index contributed by atoms with van der Waals surface area (Å²) in [5.41, 5.74) is 0. The van der Waals surface area contributed by atoms with Gasteiger partial charge in [0, 0.05) is 25.7 Å². The van der Waals surface area contributed by atoms with Crippen molar-refractivity contribution in [3.63, 3.8) is 0 Å². The van der Waals surface area contributed by atoms with Gasteiger partial charge in [-0.15, -0.1) is 0 Å². The van der Waals surface area contributed by atoms with Crippen molar-refractivity contribution >= 4 is 0 Å². The number of likely N-dealkylation sites (N-methyl/N-ethyl adjacent to an activating group) is 1. The highest BCUT2D eigenvalue weighted by molar-refractivity contribution is 4.86. The summed E-state index contributed by atoms with van der Waals surface area (Å²) in [6.45, 7) is 9.16. The lowest BCUT2D eigenvalue weighted by Gasteiger charge is -2.39. The van der Waals surface area contributed by atoms with Gasteiger partial charge in [-0.05, 0) is 57.5 Å². The van der Waals surface area contributed by atoms with Crippen LogP contribution in [-0.2, 0) is 4.74 Å². The molecule has 2 rings (SSSR count). The second-order valence-corrected chi connectivity index (χ2v) is 7.11. The van der Waals surface area contributed by atoms with E-state index >= 15 is 0 Å². The minimum Gasteiger partial charge on any atom is -0.377 e. The van der Waals surface area contributed by atoms with Crippen LogP contribution < -0.4 is 5.32 Å². The molecule has 1 saturated carbocycles. The van der Waals surface area contributed by atoms with Gasteiger partial charge in [-0.2, -0.15) is 0 Å². The molecule has 3 heteroatoms. The Balaban J connectivity index is 1.85. The van der Waals surface area contributed by atoms with Crippen molar-refractivity contribution in [1.82, 2.24) is 10.2 Å². The van der Waals surface area contributed by atoms with E-state index in [4.69, 9.17) is 4.74 Å². The molecule has 1 aliphatic heterocycles. The maximum atomic E-state index is 5.83. The van der Waals surface area contributed by atoms with Crippen molar-refractivity contribution in [3.05, 3.63) is 0 Å². The van der Waals surface area contributed by atoms with E-state index in [0.29, 0.717) is 6.10 Å². The van der Waals surface area contributed by atoms with Gasteiger partial charge in [0.05, 0.1) is 6.10 Å². The van der Waals surface area contributed by atoms with Crippen molar-refractivity contribution < 1.29 is 4.74 Å². The average Bonchev–Trinajstić information content (AvgIpc) is 3.00. The molecule has 0 radical (unpaired) electrons. The van der Waals surface area contributed by atoms with Crippen LogP contribution in [-0.4, -0.2) is 50.3 Å². The van der Waals surface area contributed by atoms with Crippen LogP contribution in [0.5, 0.6) is 0 Å². The first kappa shape index (κ1) is 17.2. The van der Waals surface area contributed by atoms with Gasteiger partial charge in [0.25, 0.3) is 0 Å². The first-order valence-corrected chi connectivity index (χ1v) is 9.28. The fraction of sp³-hybridized carbons (Fsp3) is 1.00. The third-order valence-electron chi connectivity index (χ3n) is 5.58. The highest BCUT2D eigenvalue weighted by Crippen LogP contribution is 2.32. The molecule has 1 N–H and O–H groups in total. The zero-order valence-corrected chi connectivity index (χ0v) is 14.4. The smallest absolute Gasteiger partial charge is 0.0702 e. The van der Waals surface area contributed by atoms with Gasteiger partial charge in [-0.3, -0.25) is 0 Å². The normalized spacial score (nSPS) is 33.7. The van der Waals surface area contributed by atoms with E-state index in [-0.39, 0.29) is 0 Å². The minimum absolute atomic E-state index is 0.494. The number of ether oxygens (including phenoxy) is 1. The lowest BCUT2D eigenvalue weighted by Crippen LogP contribution is -2.46. The molecule has 1 aliphatic carbocycles. The highest BCUT2D eigenvalue weighted by atomic mass is 16.5. The van der Waals surface area contributed by atoms with Gasteiger partial charge in [0.2, 0.25) is 0 Å². The molecule has 124 valence electrons. The molecule has 1 saturated heterocycles. The van der Waals surface area contributed by atoms with Crippen LogP contribution in [0.25, 0.3) is 0 Å². The largest absolute Gasteiger partial charge is 0.377 e. The number of hydrogen-bond donors (Lipinski definition) is 1.